The molecule has 0 aliphatic carbocycles. The van der Waals surface area contributed by atoms with Crippen LogP contribution in [0, 0.1) is 5.92 Å². The number of aromatic nitrogens is 1. The van der Waals surface area contributed by atoms with Crippen LogP contribution in [0.4, 0.5) is 0 Å². The predicted molar refractivity (Wildman–Crippen MR) is 125 cm³/mol. The molecular formula is C23H27BrN2O3Se. The van der Waals surface area contributed by atoms with Crippen LogP contribution in [-0.2, 0) is 13.1 Å². The predicted octanol–water partition coefficient (Wildman–Crippen LogP) is 4.14. The van der Waals surface area contributed by atoms with Crippen LogP contribution in [0.15, 0.2) is 45.7 Å². The molecule has 2 aromatic carbocycles. The molecular weight excluding hydrogens is 511 g/mol. The van der Waals surface area contributed by atoms with Crippen LogP contribution in [-0.4, -0.2) is 50.5 Å². The van der Waals surface area contributed by atoms with Crippen LogP contribution in [0.3, 0.4) is 0 Å². The van der Waals surface area contributed by atoms with Gasteiger partial charge in [-0.1, -0.05) is 0 Å². The van der Waals surface area contributed by atoms with Crippen molar-refractivity contribution in [2.75, 3.05) is 27.3 Å². The van der Waals surface area contributed by atoms with Crippen molar-refractivity contribution in [1.29, 1.82) is 0 Å². The number of ether oxygens (including phenoxy) is 2. The molecule has 0 spiro atoms. The van der Waals surface area contributed by atoms with Crippen molar-refractivity contribution < 1.29 is 9.47 Å². The van der Waals surface area contributed by atoms with Crippen LogP contribution >= 0.6 is 15.9 Å². The van der Waals surface area contributed by atoms with Gasteiger partial charge in [0.25, 0.3) is 0 Å². The summed E-state index contributed by atoms with van der Waals surface area (Å²) < 4.78 is 15.0. The molecule has 1 saturated heterocycles. The van der Waals surface area contributed by atoms with E-state index in [9.17, 15) is 4.79 Å². The van der Waals surface area contributed by atoms with Gasteiger partial charge in [-0.15, -0.1) is 0 Å². The van der Waals surface area contributed by atoms with E-state index in [1.54, 1.807) is 14.2 Å². The number of piperidine rings is 1. The first-order valence-corrected chi connectivity index (χ1v) is 12.7. The number of fused-ring (bicyclic) bond motifs is 1. The van der Waals surface area contributed by atoms with Gasteiger partial charge in [-0.3, -0.25) is 0 Å². The van der Waals surface area contributed by atoms with E-state index in [-0.39, 0.29) is 20.3 Å². The van der Waals surface area contributed by atoms with E-state index in [2.05, 4.69) is 45.1 Å². The Morgan fingerprint density at radius 1 is 1.10 bits per heavy atom. The summed E-state index contributed by atoms with van der Waals surface area (Å²) >= 11 is 3.58. The first kappa shape index (κ1) is 21.7. The molecule has 0 amide bonds. The number of halogens is 1. The number of rotatable bonds is 7. The third kappa shape index (κ3) is 4.86. The molecule has 1 aromatic heterocycles. The van der Waals surface area contributed by atoms with Crippen molar-refractivity contribution in [3.8, 4) is 11.5 Å². The van der Waals surface area contributed by atoms with Gasteiger partial charge in [0, 0.05) is 0 Å². The van der Waals surface area contributed by atoms with Crippen molar-refractivity contribution >= 4 is 40.3 Å². The normalized spacial score (nSPS) is 15.6. The monoisotopic (exact) mass is 538 g/mol. The van der Waals surface area contributed by atoms with Gasteiger partial charge in [0.15, 0.2) is 0 Å². The first-order chi connectivity index (χ1) is 14.6. The molecule has 1 fully saturated rings. The number of methoxy groups -OCH3 is 2. The molecule has 0 radical (unpaired) electrons. The van der Waals surface area contributed by atoms with E-state index in [4.69, 9.17) is 9.47 Å². The maximum atomic E-state index is 12.9. The molecule has 30 heavy (non-hydrogen) atoms. The number of nitrogens with zero attached hydrogens (tertiary/aromatic N) is 2. The maximum absolute atomic E-state index is 12.9. The van der Waals surface area contributed by atoms with E-state index < -0.39 is 0 Å². The van der Waals surface area contributed by atoms with Gasteiger partial charge < -0.3 is 0 Å². The minimum absolute atomic E-state index is 0.0212. The first-order valence-electron chi connectivity index (χ1n) is 10.3. The Bertz CT molecular complexity index is 1070. The van der Waals surface area contributed by atoms with Crippen molar-refractivity contribution in [3.05, 3.63) is 56.8 Å². The van der Waals surface area contributed by atoms with Gasteiger partial charge in [-0.25, -0.2) is 0 Å². The van der Waals surface area contributed by atoms with Gasteiger partial charge in [-0.2, -0.15) is 0 Å². The average molecular weight is 538 g/mol. The zero-order chi connectivity index (χ0) is 21.1. The Hall–Kier alpha value is -1.53. The van der Waals surface area contributed by atoms with Crippen molar-refractivity contribution in [3.63, 3.8) is 0 Å². The summed E-state index contributed by atoms with van der Waals surface area (Å²) in [6.07, 6.45) is 3.50. The van der Waals surface area contributed by atoms with Gasteiger partial charge >= 0.3 is 192 Å². The molecule has 0 saturated carbocycles. The Labute approximate surface area is 191 Å². The van der Waals surface area contributed by atoms with Crippen LogP contribution in [0.1, 0.15) is 24.8 Å². The summed E-state index contributed by atoms with van der Waals surface area (Å²) in [7, 11) is 3.24. The molecule has 160 valence electrons. The van der Waals surface area contributed by atoms with Gasteiger partial charge in [0.05, 0.1) is 0 Å². The summed E-state index contributed by atoms with van der Waals surface area (Å²) in [5.74, 6) is 2.02. The Morgan fingerprint density at radius 2 is 1.83 bits per heavy atom. The summed E-state index contributed by atoms with van der Waals surface area (Å²) in [6, 6.07) is 12.4. The summed E-state index contributed by atoms with van der Waals surface area (Å²) in [5, 5.41) is 0.775. The van der Waals surface area contributed by atoms with Crippen LogP contribution in [0.5, 0.6) is 11.5 Å². The molecule has 5 nitrogen and oxygen atoms in total. The van der Waals surface area contributed by atoms with E-state index in [1.807, 2.05) is 15.7 Å². The molecule has 1 aliphatic rings. The number of hydrogen-bond donors (Lipinski definition) is 0. The molecule has 0 bridgehead atoms. The van der Waals surface area contributed by atoms with Crippen molar-refractivity contribution in [2.24, 2.45) is 5.92 Å². The Morgan fingerprint density at radius 3 is 2.53 bits per heavy atom. The van der Waals surface area contributed by atoms with Gasteiger partial charge in [0.2, 0.25) is 0 Å². The standard InChI is InChI=1S/C23H27BrN2O3Se/c1-28-20-13-19-22(14-21(20)29-2)30-26(23(19)27)11-8-16-6-9-25(10-7-16)15-17-4-3-5-18(24)12-17/h3-5,12-14,16H,6-11,15H2,1-2H3. The quantitative estimate of drug-likeness (QED) is 0.425. The van der Waals surface area contributed by atoms with Crippen LogP contribution in [0.2, 0.25) is 0 Å². The molecule has 0 unspecified atom stereocenters. The summed E-state index contributed by atoms with van der Waals surface area (Å²) in [5.41, 5.74) is 1.50. The third-order valence-corrected chi connectivity index (χ3v) is 8.70. The van der Waals surface area contributed by atoms with E-state index in [0.717, 1.165) is 46.7 Å². The van der Waals surface area contributed by atoms with E-state index in [0.29, 0.717) is 17.4 Å². The number of likely N-dealkylation sites (tertiary alicyclic amines) is 1. The van der Waals surface area contributed by atoms with Gasteiger partial charge in [0.1, 0.15) is 0 Å². The second-order valence-corrected chi connectivity index (χ2v) is 11.0. The number of aryl methyl sites for hydroxylation is 1. The molecule has 3 aromatic rings. The average Bonchev–Trinajstić information content (AvgIpc) is 3.07. The molecule has 0 N–H and O–H groups in total. The Balaban J connectivity index is 1.35. The zero-order valence-electron chi connectivity index (χ0n) is 17.4. The zero-order valence-corrected chi connectivity index (χ0v) is 20.7. The fourth-order valence-corrected chi connectivity index (χ4v) is 6.76. The fraction of sp³-hybridized carbons (Fsp3) is 0.435. The molecule has 7 heteroatoms. The molecule has 4 rings (SSSR count). The third-order valence-electron chi connectivity index (χ3n) is 5.89. The molecule has 0 atom stereocenters. The SMILES string of the molecule is COc1cc2[se]n(CCC3CCN(Cc4cccc(Br)c4)CC3)c(=O)c2cc1OC. The van der Waals surface area contributed by atoms with E-state index >= 15 is 0 Å². The minimum atomic E-state index is 0.0212. The molecule has 1 aliphatic heterocycles. The number of benzene rings is 2. The van der Waals surface area contributed by atoms with Crippen LogP contribution in [0.25, 0.3) is 9.65 Å². The number of hydrogen-bond acceptors (Lipinski definition) is 4. The van der Waals surface area contributed by atoms with Crippen molar-refractivity contribution in [2.45, 2.75) is 32.4 Å². The topological polar surface area (TPSA) is 43.7 Å². The van der Waals surface area contributed by atoms with Gasteiger partial charge in [-0.05, 0) is 0 Å². The summed E-state index contributed by atoms with van der Waals surface area (Å²) in [6.45, 7) is 4.11. The second kappa shape index (κ2) is 9.73. The summed E-state index contributed by atoms with van der Waals surface area (Å²) in [4.78, 5) is 15.4. The van der Waals surface area contributed by atoms with Crippen molar-refractivity contribution in [1.82, 2.24) is 8.46 Å². The second-order valence-electron chi connectivity index (χ2n) is 7.84. The van der Waals surface area contributed by atoms with E-state index in [1.165, 1.54) is 18.4 Å². The fourth-order valence-electron chi connectivity index (χ4n) is 4.17. The Kier molecular flexibility index (Phi) is 7.04. The van der Waals surface area contributed by atoms with Crippen LogP contribution < -0.4 is 15.0 Å². The molecule has 2 heterocycles.